The molecular formula is C16H22F2N2O2. The van der Waals surface area contributed by atoms with Gasteiger partial charge in [-0.1, -0.05) is 19.4 Å². The summed E-state index contributed by atoms with van der Waals surface area (Å²) in [5, 5.41) is 12.1. The molecule has 122 valence electrons. The van der Waals surface area contributed by atoms with Crippen molar-refractivity contribution in [1.29, 1.82) is 0 Å². The third-order valence-electron chi connectivity index (χ3n) is 4.06. The Labute approximate surface area is 129 Å². The second-order valence-corrected chi connectivity index (χ2v) is 5.63. The lowest BCUT2D eigenvalue weighted by molar-refractivity contribution is 0.154. The third kappa shape index (κ3) is 3.74. The number of benzene rings is 1. The smallest absolute Gasteiger partial charge is 0.318 e. The van der Waals surface area contributed by atoms with Gasteiger partial charge in [-0.3, -0.25) is 0 Å². The zero-order chi connectivity index (χ0) is 16.1. The lowest BCUT2D eigenvalue weighted by Crippen LogP contribution is -2.45. The van der Waals surface area contributed by atoms with E-state index in [9.17, 15) is 18.7 Å². The van der Waals surface area contributed by atoms with Crippen molar-refractivity contribution in [3.8, 4) is 0 Å². The molecular weight excluding hydrogens is 290 g/mol. The van der Waals surface area contributed by atoms with Crippen LogP contribution in [0.1, 0.15) is 44.2 Å². The fourth-order valence-corrected chi connectivity index (χ4v) is 2.90. The van der Waals surface area contributed by atoms with Gasteiger partial charge in [-0.05, 0) is 25.3 Å². The Balaban J connectivity index is 2.13. The standard InChI is InChI=1S/C16H22F2N2O2/c1-2-4-15(13-7-6-11(17)9-14(13)18)19-16(22)20-8-3-5-12(20)10-21/h6-7,9,12,15,21H,2-5,8,10H2,1H3,(H,19,22). The maximum atomic E-state index is 13.9. The molecule has 0 aliphatic carbocycles. The van der Waals surface area contributed by atoms with Crippen molar-refractivity contribution in [2.24, 2.45) is 0 Å². The number of halogens is 2. The molecule has 1 aliphatic rings. The molecule has 2 unspecified atom stereocenters. The number of likely N-dealkylation sites (tertiary alicyclic amines) is 1. The van der Waals surface area contributed by atoms with Gasteiger partial charge >= 0.3 is 6.03 Å². The Bertz CT molecular complexity index is 525. The third-order valence-corrected chi connectivity index (χ3v) is 4.06. The Morgan fingerprint density at radius 2 is 2.27 bits per heavy atom. The van der Waals surface area contributed by atoms with Crippen LogP contribution in [0.25, 0.3) is 0 Å². The predicted molar refractivity (Wildman–Crippen MR) is 79.4 cm³/mol. The van der Waals surface area contributed by atoms with Crippen LogP contribution >= 0.6 is 0 Å². The lowest BCUT2D eigenvalue weighted by Gasteiger charge is -2.27. The Kier molecular flexibility index (Phi) is 5.71. The first-order valence-corrected chi connectivity index (χ1v) is 7.69. The number of carbonyl (C=O) groups excluding carboxylic acids is 1. The number of nitrogens with zero attached hydrogens (tertiary/aromatic N) is 1. The van der Waals surface area contributed by atoms with Gasteiger partial charge in [0, 0.05) is 18.2 Å². The maximum Gasteiger partial charge on any atom is 0.318 e. The molecule has 1 fully saturated rings. The molecule has 1 heterocycles. The van der Waals surface area contributed by atoms with Crippen LogP contribution < -0.4 is 5.32 Å². The van der Waals surface area contributed by atoms with E-state index < -0.39 is 17.7 Å². The van der Waals surface area contributed by atoms with Crippen LogP contribution in [-0.2, 0) is 0 Å². The van der Waals surface area contributed by atoms with Gasteiger partial charge in [0.2, 0.25) is 0 Å². The summed E-state index contributed by atoms with van der Waals surface area (Å²) in [6.07, 6.45) is 2.94. The van der Waals surface area contributed by atoms with Gasteiger partial charge in [0.15, 0.2) is 0 Å². The predicted octanol–water partition coefficient (Wildman–Crippen LogP) is 2.97. The molecule has 2 amide bonds. The molecule has 1 aromatic rings. The molecule has 1 aromatic carbocycles. The highest BCUT2D eigenvalue weighted by Gasteiger charge is 2.29. The highest BCUT2D eigenvalue weighted by molar-refractivity contribution is 5.75. The first kappa shape index (κ1) is 16.7. The molecule has 6 heteroatoms. The zero-order valence-corrected chi connectivity index (χ0v) is 12.7. The van der Waals surface area contributed by atoms with E-state index in [1.165, 1.54) is 12.1 Å². The van der Waals surface area contributed by atoms with E-state index in [2.05, 4.69) is 5.32 Å². The molecule has 2 atom stereocenters. The SMILES string of the molecule is CCCC(NC(=O)N1CCCC1CO)c1ccc(F)cc1F. The van der Waals surface area contributed by atoms with Gasteiger partial charge in [-0.25, -0.2) is 13.6 Å². The minimum atomic E-state index is -0.654. The van der Waals surface area contributed by atoms with Crippen LogP contribution in [0.3, 0.4) is 0 Å². The fourth-order valence-electron chi connectivity index (χ4n) is 2.90. The van der Waals surface area contributed by atoms with Crippen LogP contribution in [0, 0.1) is 11.6 Å². The van der Waals surface area contributed by atoms with Crippen molar-refractivity contribution >= 4 is 6.03 Å². The summed E-state index contributed by atoms with van der Waals surface area (Å²) in [6.45, 7) is 2.45. The van der Waals surface area contributed by atoms with E-state index in [0.717, 1.165) is 25.3 Å². The molecule has 0 saturated carbocycles. The van der Waals surface area contributed by atoms with Gasteiger partial charge in [0.1, 0.15) is 11.6 Å². The van der Waals surface area contributed by atoms with E-state index in [1.54, 1.807) is 4.90 Å². The molecule has 0 bridgehead atoms. The number of urea groups is 1. The van der Waals surface area contributed by atoms with Crippen molar-refractivity contribution in [2.45, 2.75) is 44.7 Å². The molecule has 2 N–H and O–H groups in total. The summed E-state index contributed by atoms with van der Waals surface area (Å²) in [7, 11) is 0. The second-order valence-electron chi connectivity index (χ2n) is 5.63. The monoisotopic (exact) mass is 312 g/mol. The van der Waals surface area contributed by atoms with E-state index in [-0.39, 0.29) is 24.2 Å². The van der Waals surface area contributed by atoms with E-state index in [0.29, 0.717) is 13.0 Å². The molecule has 0 aromatic heterocycles. The van der Waals surface area contributed by atoms with Crippen molar-refractivity contribution in [1.82, 2.24) is 10.2 Å². The fraction of sp³-hybridized carbons (Fsp3) is 0.562. The van der Waals surface area contributed by atoms with Crippen LogP contribution in [0.15, 0.2) is 18.2 Å². The minimum absolute atomic E-state index is 0.0726. The van der Waals surface area contributed by atoms with Crippen LogP contribution in [0.2, 0.25) is 0 Å². The van der Waals surface area contributed by atoms with Gasteiger partial charge in [0.25, 0.3) is 0 Å². The molecule has 4 nitrogen and oxygen atoms in total. The first-order valence-electron chi connectivity index (χ1n) is 7.69. The number of aliphatic hydroxyl groups excluding tert-OH is 1. The summed E-state index contributed by atoms with van der Waals surface area (Å²) >= 11 is 0. The maximum absolute atomic E-state index is 13.9. The van der Waals surface area contributed by atoms with Gasteiger partial charge in [-0.15, -0.1) is 0 Å². The summed E-state index contributed by atoms with van der Waals surface area (Å²) < 4.78 is 27.0. The number of carbonyl (C=O) groups is 1. The number of nitrogens with one attached hydrogen (secondary N) is 1. The number of aliphatic hydroxyl groups is 1. The number of rotatable bonds is 5. The van der Waals surface area contributed by atoms with E-state index in [1.807, 2.05) is 6.92 Å². The van der Waals surface area contributed by atoms with Crippen molar-refractivity contribution in [2.75, 3.05) is 13.2 Å². The highest BCUT2D eigenvalue weighted by Crippen LogP contribution is 2.24. The minimum Gasteiger partial charge on any atom is -0.394 e. The Hall–Kier alpha value is -1.69. The van der Waals surface area contributed by atoms with Gasteiger partial charge in [0.05, 0.1) is 18.7 Å². The second kappa shape index (κ2) is 7.54. The lowest BCUT2D eigenvalue weighted by atomic mass is 10.0. The largest absolute Gasteiger partial charge is 0.394 e. The normalized spacial score (nSPS) is 19.3. The van der Waals surface area contributed by atoms with E-state index in [4.69, 9.17) is 0 Å². The topological polar surface area (TPSA) is 52.6 Å². The molecule has 2 rings (SSSR count). The van der Waals surface area contributed by atoms with Crippen molar-refractivity contribution in [3.63, 3.8) is 0 Å². The molecule has 0 spiro atoms. The van der Waals surface area contributed by atoms with Gasteiger partial charge in [-0.2, -0.15) is 0 Å². The van der Waals surface area contributed by atoms with Crippen LogP contribution in [0.5, 0.6) is 0 Å². The summed E-state index contributed by atoms with van der Waals surface area (Å²) in [6, 6.07) is 2.41. The van der Waals surface area contributed by atoms with E-state index >= 15 is 0 Å². The summed E-state index contributed by atoms with van der Waals surface area (Å²) in [5.41, 5.74) is 0.288. The molecule has 0 radical (unpaired) electrons. The summed E-state index contributed by atoms with van der Waals surface area (Å²) in [4.78, 5) is 13.9. The average Bonchev–Trinajstić information content (AvgIpc) is 2.95. The number of hydrogen-bond acceptors (Lipinski definition) is 2. The van der Waals surface area contributed by atoms with Gasteiger partial charge < -0.3 is 15.3 Å². The Morgan fingerprint density at radius 3 is 2.91 bits per heavy atom. The summed E-state index contributed by atoms with van der Waals surface area (Å²) in [5.74, 6) is -1.29. The first-order chi connectivity index (χ1) is 10.6. The number of hydrogen-bond donors (Lipinski definition) is 2. The van der Waals surface area contributed by atoms with Crippen molar-refractivity contribution in [3.05, 3.63) is 35.4 Å². The highest BCUT2D eigenvalue weighted by atomic mass is 19.1. The zero-order valence-electron chi connectivity index (χ0n) is 12.7. The molecule has 1 aliphatic heterocycles. The van der Waals surface area contributed by atoms with Crippen LogP contribution in [0.4, 0.5) is 13.6 Å². The number of amides is 2. The van der Waals surface area contributed by atoms with Crippen LogP contribution in [-0.4, -0.2) is 35.2 Å². The van der Waals surface area contributed by atoms with Crippen molar-refractivity contribution < 1.29 is 18.7 Å². The average molecular weight is 312 g/mol. The Morgan fingerprint density at radius 1 is 1.50 bits per heavy atom. The molecule has 1 saturated heterocycles. The molecule has 22 heavy (non-hydrogen) atoms. The quantitative estimate of drug-likeness (QED) is 0.878.